The van der Waals surface area contributed by atoms with Crippen LogP contribution in [0.1, 0.15) is 0 Å². The lowest BCUT2D eigenvalue weighted by Gasteiger charge is -2.46. The third-order valence-corrected chi connectivity index (χ3v) is 10.3. The van der Waals surface area contributed by atoms with Gasteiger partial charge in [-0.1, -0.05) is 0 Å². The summed E-state index contributed by atoms with van der Waals surface area (Å²) in [6.07, 6.45) is -39.4. The predicted octanol–water partition coefficient (Wildman–Crippen LogP) is -10.3. The number of rotatable bonds is 17. The van der Waals surface area contributed by atoms with E-state index in [1.54, 1.807) is 0 Å². The molecule has 4 fully saturated rings. The van der Waals surface area contributed by atoms with Gasteiger partial charge in [0.25, 0.3) is 0 Å². The molecule has 0 bridgehead atoms. The maximum absolute atomic E-state index is 11.9. The predicted molar refractivity (Wildman–Crippen MR) is 165 cm³/mol. The van der Waals surface area contributed by atoms with E-state index in [0.717, 1.165) is 0 Å². The second-order valence-electron chi connectivity index (χ2n) is 12.7. The van der Waals surface area contributed by atoms with Crippen LogP contribution in [-0.2, 0) is 76.9 Å². The highest BCUT2D eigenvalue weighted by Gasteiger charge is 2.61. The van der Waals surface area contributed by atoms with Crippen molar-refractivity contribution in [3.8, 4) is 0 Å². The van der Waals surface area contributed by atoms with E-state index in [2.05, 4.69) is 12.5 Å². The van der Waals surface area contributed by atoms with Crippen LogP contribution in [0.3, 0.4) is 0 Å². The van der Waals surface area contributed by atoms with Gasteiger partial charge in [0, 0.05) is 0 Å². The Morgan fingerprint density at radius 1 is 0.474 bits per heavy atom. The Morgan fingerprint density at radius 2 is 0.895 bits per heavy atom. The van der Waals surface area contributed by atoms with Crippen molar-refractivity contribution in [2.45, 2.75) is 116 Å². The Bertz CT molecular complexity index is 1650. The summed E-state index contributed by atoms with van der Waals surface area (Å²) in [6.45, 7) is -5.67. The van der Waals surface area contributed by atoms with E-state index in [9.17, 15) is 95.1 Å². The summed E-state index contributed by atoms with van der Waals surface area (Å²) < 4.78 is 150. The average molecular weight is 907 g/mol. The van der Waals surface area contributed by atoms with E-state index in [4.69, 9.17) is 33.2 Å². The molecule has 4 rings (SSSR count). The van der Waals surface area contributed by atoms with Gasteiger partial charge in [-0.3, -0.25) is 13.7 Å². The molecule has 0 unspecified atom stereocenters. The molecule has 0 amide bonds. The summed E-state index contributed by atoms with van der Waals surface area (Å²) in [5, 5.41) is 112. The molecule has 4 heterocycles. The summed E-state index contributed by atoms with van der Waals surface area (Å²) in [4.78, 5) is 0. The smallest absolute Gasteiger partial charge is 0.394 e. The quantitative estimate of drug-likeness (QED) is 0.0603. The Balaban J connectivity index is 1.66. The van der Waals surface area contributed by atoms with Crippen LogP contribution in [0.2, 0.25) is 0 Å². The van der Waals surface area contributed by atoms with Gasteiger partial charge in [-0.25, -0.2) is 12.5 Å². The zero-order valence-corrected chi connectivity index (χ0v) is 30.9. The molecule has 14 N–H and O–H groups in total. The summed E-state index contributed by atoms with van der Waals surface area (Å²) in [6, 6.07) is 0. The lowest BCUT2D eigenvalue weighted by molar-refractivity contribution is -0.383. The van der Waals surface area contributed by atoms with E-state index in [1.807, 2.05) is 0 Å². The van der Waals surface area contributed by atoms with Crippen LogP contribution in [0.5, 0.6) is 0 Å². The van der Waals surface area contributed by atoms with Gasteiger partial charge >= 0.3 is 31.2 Å². The third kappa shape index (κ3) is 11.6. The fraction of sp³-hybridized carbons (Fsp3) is 1.00. The molecule has 0 aromatic carbocycles. The minimum atomic E-state index is -5.90. The molecule has 0 spiro atoms. The van der Waals surface area contributed by atoms with E-state index in [-0.39, 0.29) is 0 Å². The fourth-order valence-corrected chi connectivity index (χ4v) is 7.60. The topological polar surface area (TPSA) is 478 Å². The zero-order chi connectivity index (χ0) is 43.0. The van der Waals surface area contributed by atoms with Gasteiger partial charge in [-0.2, -0.15) is 25.3 Å². The second-order valence-corrected chi connectivity index (χ2v) is 15.9. The molecule has 336 valence electrons. The number of ether oxygens (including phenoxy) is 7. The summed E-state index contributed by atoms with van der Waals surface area (Å²) >= 11 is 0. The van der Waals surface area contributed by atoms with Gasteiger partial charge in [0.15, 0.2) is 25.0 Å². The second kappa shape index (κ2) is 18.9. The number of hydrogen-bond donors (Lipinski definition) is 14. The van der Waals surface area contributed by atoms with E-state index < -0.39 is 180 Å². The molecule has 33 heteroatoms. The highest BCUT2D eigenvalue weighted by molar-refractivity contribution is 7.81. The van der Waals surface area contributed by atoms with Crippen LogP contribution in [0.4, 0.5) is 0 Å². The maximum Gasteiger partial charge on any atom is 0.397 e. The first-order valence-electron chi connectivity index (χ1n) is 16.1. The van der Waals surface area contributed by atoms with E-state index in [0.29, 0.717) is 0 Å². The van der Waals surface area contributed by atoms with Gasteiger partial charge in [-0.05, 0) is 0 Å². The largest absolute Gasteiger partial charge is 0.397 e. The number of aliphatic hydroxyl groups excluding tert-OH is 11. The Hall–Kier alpha value is -1.11. The van der Waals surface area contributed by atoms with Gasteiger partial charge in [0.05, 0.1) is 26.4 Å². The minimum Gasteiger partial charge on any atom is -0.394 e. The van der Waals surface area contributed by atoms with Crippen molar-refractivity contribution in [2.24, 2.45) is 0 Å². The molecule has 0 radical (unpaired) electrons. The van der Waals surface area contributed by atoms with Crippen molar-refractivity contribution in [3.63, 3.8) is 0 Å². The van der Waals surface area contributed by atoms with Crippen molar-refractivity contribution >= 4 is 31.2 Å². The molecule has 4 saturated heterocycles. The number of aliphatic hydroxyl groups is 11. The van der Waals surface area contributed by atoms with Gasteiger partial charge in [0.1, 0.15) is 92.1 Å². The zero-order valence-electron chi connectivity index (χ0n) is 28.4. The van der Waals surface area contributed by atoms with Crippen molar-refractivity contribution in [1.29, 1.82) is 0 Å². The average Bonchev–Trinajstić information content (AvgIpc) is 3.35. The maximum atomic E-state index is 11.9. The monoisotopic (exact) mass is 906 g/mol. The summed E-state index contributed by atoms with van der Waals surface area (Å²) in [5.41, 5.74) is 0. The molecule has 30 nitrogen and oxygen atoms in total. The lowest BCUT2D eigenvalue weighted by atomic mass is 9.98. The van der Waals surface area contributed by atoms with Gasteiger partial charge < -0.3 is 89.3 Å². The Labute approximate surface area is 320 Å². The fourth-order valence-electron chi connectivity index (χ4n) is 6.10. The Kier molecular flexibility index (Phi) is 16.1. The van der Waals surface area contributed by atoms with Crippen LogP contribution in [0, 0.1) is 0 Å². The highest BCUT2D eigenvalue weighted by Crippen LogP contribution is 2.39. The molecule has 0 aliphatic carbocycles. The van der Waals surface area contributed by atoms with Gasteiger partial charge in [0.2, 0.25) is 5.79 Å². The van der Waals surface area contributed by atoms with Crippen LogP contribution < -0.4 is 0 Å². The number of hydrogen-bond acceptors (Lipinski definition) is 27. The van der Waals surface area contributed by atoms with Crippen molar-refractivity contribution < 1.29 is 141 Å². The minimum absolute atomic E-state index is 0.857. The molecule has 19 atom stereocenters. The molecule has 57 heavy (non-hydrogen) atoms. The van der Waals surface area contributed by atoms with Crippen molar-refractivity contribution in [1.82, 2.24) is 0 Å². The van der Waals surface area contributed by atoms with Crippen LogP contribution >= 0.6 is 0 Å². The molecular weight excluding hydrogens is 864 g/mol. The van der Waals surface area contributed by atoms with Crippen LogP contribution in [-0.4, -0.2) is 244 Å². The molecule has 0 aromatic rings. The molecule has 4 aliphatic rings. The SMILES string of the molecule is O=S(=O)(O)O[C@@H]1[C@@H](OS(=O)(=O)O)[C@@H](O[C@]2(CO)O[C@H](CO)[C@@H](O)[C@@H]2O)O[C@H](CO[C@H]2O[C@H](CO[C@H]3O[C@H](CO)[C@H](O)[C@H](O)[C@H]3O)[C@H](O)[C@H](O)[C@H]2O)[C@H]1OS(=O)(=O)O. The first-order valence-corrected chi connectivity index (χ1v) is 20.1. The molecule has 0 saturated carbocycles. The molecule has 4 aliphatic heterocycles. The van der Waals surface area contributed by atoms with E-state index in [1.165, 1.54) is 0 Å². The van der Waals surface area contributed by atoms with Crippen molar-refractivity contribution in [3.05, 3.63) is 0 Å². The van der Waals surface area contributed by atoms with Crippen LogP contribution in [0.15, 0.2) is 0 Å². The standard InChI is InChI=1S/C24H42O30S3/c25-1-6-10(28)13(31)15(33)21(47-6)45-3-8-11(29)14(32)16(34)22(48-8)46-4-9-17(52-55(36,37)38)18(53-56(39,40)41)19(54-57(42,43)44)23(49-9)51-24(5-27)20(35)12(30)7(2-26)50-24/h6-23,25-35H,1-5H2,(H,36,37,38)(H,39,40,41)(H,42,43,44)/t6-,7-,8-,9-,10+,11+,12-,13+,14+,15-,16-,17-,18+,19-,20+,21+,22+,23-,24+/m1/s1. The first kappa shape index (κ1) is 48.6. The third-order valence-electron chi connectivity index (χ3n) is 8.88. The molecule has 0 aromatic heterocycles. The summed E-state index contributed by atoms with van der Waals surface area (Å²) in [7, 11) is -17.6. The van der Waals surface area contributed by atoms with E-state index >= 15 is 0 Å². The highest BCUT2D eigenvalue weighted by atomic mass is 32.3. The normalized spacial score (nSPS) is 44.9. The van der Waals surface area contributed by atoms with Crippen molar-refractivity contribution in [2.75, 3.05) is 33.0 Å². The lowest BCUT2D eigenvalue weighted by Crippen LogP contribution is -2.66. The Morgan fingerprint density at radius 3 is 1.35 bits per heavy atom. The van der Waals surface area contributed by atoms with Crippen LogP contribution in [0.25, 0.3) is 0 Å². The summed E-state index contributed by atoms with van der Waals surface area (Å²) in [5.74, 6) is -2.97. The van der Waals surface area contributed by atoms with Gasteiger partial charge in [-0.15, -0.1) is 0 Å². The molecular formula is C24H42O30S3. The first-order chi connectivity index (χ1) is 26.3.